The Kier molecular flexibility index (Phi) is 18.4. The van der Waals surface area contributed by atoms with Gasteiger partial charge in [0.1, 0.15) is 11.7 Å². The molecular weight excluding hydrogens is 668 g/mol. The fourth-order valence-corrected chi connectivity index (χ4v) is 10.3. The molecule has 4 aliphatic rings. The first-order valence-electron chi connectivity index (χ1n) is 21.4. The number of aliphatic hydroxyl groups excluding tert-OH is 1. The van der Waals surface area contributed by atoms with Crippen molar-refractivity contribution >= 4 is 12.2 Å². The van der Waals surface area contributed by atoms with Crippen molar-refractivity contribution in [1.82, 2.24) is 10.6 Å². The van der Waals surface area contributed by atoms with Gasteiger partial charge in [0, 0.05) is 32.5 Å². The number of carbonyl (C=O) groups is 2. The second-order valence-corrected chi connectivity index (χ2v) is 19.0. The van der Waals surface area contributed by atoms with E-state index in [1.165, 1.54) is 51.4 Å². The van der Waals surface area contributed by atoms with Gasteiger partial charge in [0.25, 0.3) is 0 Å². The van der Waals surface area contributed by atoms with Crippen molar-refractivity contribution in [3.05, 3.63) is 11.6 Å². The number of nitrogens with one attached hydrogen (secondary N) is 2. The maximum absolute atomic E-state index is 12.6. The van der Waals surface area contributed by atoms with Gasteiger partial charge < -0.3 is 34.7 Å². The van der Waals surface area contributed by atoms with Crippen LogP contribution in [0.2, 0.25) is 0 Å². The summed E-state index contributed by atoms with van der Waals surface area (Å²) in [5.41, 5.74) is 1.57. The van der Waals surface area contributed by atoms with Crippen LogP contribution in [0.3, 0.4) is 0 Å². The van der Waals surface area contributed by atoms with E-state index >= 15 is 0 Å². The molecule has 3 saturated carbocycles. The number of fused-ring (bicyclic) bond motifs is 5. The van der Waals surface area contributed by atoms with Crippen LogP contribution in [-0.4, -0.2) is 75.1 Å². The minimum atomic E-state index is -0.716. The maximum Gasteiger partial charge on any atom is 0.407 e. The largest absolute Gasteiger partial charge is 0.446 e. The van der Waals surface area contributed by atoms with Gasteiger partial charge in [-0.25, -0.2) is 9.59 Å². The molecule has 7 unspecified atom stereocenters. The Balaban J connectivity index is 0.00000180. The zero-order valence-corrected chi connectivity index (χ0v) is 35.5. The molecule has 3 fully saturated rings. The standard InChI is InChI=1S/C40H70N2O7.C4H10/c1-28(2)9-8-10-29(3)33-13-14-34-32-12-11-30-27-31(15-17-39(30,6)35(32)16-18-40(33,34)7)48-36(44)41-20-23-46-25-26-47-24-21-42-37(45)49-38(4,5)19-22-43;1-4(2)3/h11,28-29,31-35,43H,8-10,12-27H2,1-7H3,(H,41,44)(H,42,45);4H,1-3H3/t29?,31?,32?,33?,34?,35?,39-,40?;/m0./s1. The highest BCUT2D eigenvalue weighted by Gasteiger charge is 2.59. The van der Waals surface area contributed by atoms with E-state index in [1.807, 2.05) is 0 Å². The maximum atomic E-state index is 12.6. The van der Waals surface area contributed by atoms with Gasteiger partial charge in [-0.05, 0) is 111 Å². The lowest BCUT2D eigenvalue weighted by molar-refractivity contribution is -0.0581. The summed E-state index contributed by atoms with van der Waals surface area (Å²) >= 11 is 0. The van der Waals surface area contributed by atoms with E-state index in [2.05, 4.69) is 72.1 Å². The molecule has 308 valence electrons. The molecule has 0 aliphatic heterocycles. The summed E-state index contributed by atoms with van der Waals surface area (Å²) in [6, 6.07) is 0. The van der Waals surface area contributed by atoms with Crippen molar-refractivity contribution in [3.63, 3.8) is 0 Å². The minimum absolute atomic E-state index is 0.0434. The quantitative estimate of drug-likeness (QED) is 0.0945. The SMILES string of the molecule is CC(C)C.CC(C)CCCC(C)C1CCC2C3CC=C4CC(OC(=O)NCCOCCOCCNC(=O)OC(C)(C)CCO)CC[C@]4(C)C3CCC12C. The van der Waals surface area contributed by atoms with Crippen LogP contribution in [0.1, 0.15) is 146 Å². The number of amides is 2. The molecule has 0 bridgehead atoms. The van der Waals surface area contributed by atoms with E-state index in [0.717, 1.165) is 60.7 Å². The Hall–Kier alpha value is -1.84. The fraction of sp³-hybridized carbons (Fsp3) is 0.909. The average molecular weight is 749 g/mol. The van der Waals surface area contributed by atoms with Crippen LogP contribution >= 0.6 is 0 Å². The van der Waals surface area contributed by atoms with Crippen LogP contribution in [-0.2, 0) is 18.9 Å². The lowest BCUT2D eigenvalue weighted by Gasteiger charge is -2.58. The average Bonchev–Trinajstić information content (AvgIpc) is 3.42. The van der Waals surface area contributed by atoms with Crippen molar-refractivity contribution in [2.75, 3.05) is 46.1 Å². The molecule has 0 aromatic rings. The molecule has 2 amide bonds. The van der Waals surface area contributed by atoms with Gasteiger partial charge in [0.15, 0.2) is 0 Å². The Labute approximate surface area is 323 Å². The molecule has 53 heavy (non-hydrogen) atoms. The highest BCUT2D eigenvalue weighted by molar-refractivity contribution is 5.67. The Bertz CT molecular complexity index is 1140. The van der Waals surface area contributed by atoms with E-state index in [1.54, 1.807) is 19.4 Å². The van der Waals surface area contributed by atoms with Gasteiger partial charge >= 0.3 is 12.2 Å². The molecule has 0 heterocycles. The predicted molar refractivity (Wildman–Crippen MR) is 214 cm³/mol. The number of hydrogen-bond donors (Lipinski definition) is 3. The number of aliphatic hydroxyl groups is 1. The third kappa shape index (κ3) is 13.7. The van der Waals surface area contributed by atoms with Gasteiger partial charge in [-0.2, -0.15) is 0 Å². The first kappa shape index (κ1) is 45.5. The van der Waals surface area contributed by atoms with Crippen molar-refractivity contribution in [3.8, 4) is 0 Å². The topological polar surface area (TPSA) is 115 Å². The molecule has 0 spiro atoms. The van der Waals surface area contributed by atoms with Crippen molar-refractivity contribution in [2.45, 2.75) is 158 Å². The van der Waals surface area contributed by atoms with Crippen LogP contribution in [0.4, 0.5) is 9.59 Å². The predicted octanol–water partition coefficient (Wildman–Crippen LogP) is 9.71. The van der Waals surface area contributed by atoms with Crippen LogP contribution < -0.4 is 10.6 Å². The molecule has 8 atom stereocenters. The summed E-state index contributed by atoms with van der Waals surface area (Å²) in [4.78, 5) is 24.4. The highest BCUT2D eigenvalue weighted by atomic mass is 16.6. The summed E-state index contributed by atoms with van der Waals surface area (Å²) in [6.45, 7) is 24.6. The lowest BCUT2D eigenvalue weighted by Crippen LogP contribution is -2.51. The molecule has 0 radical (unpaired) electrons. The van der Waals surface area contributed by atoms with Crippen LogP contribution in [0.15, 0.2) is 11.6 Å². The number of ether oxygens (including phenoxy) is 4. The second-order valence-electron chi connectivity index (χ2n) is 19.0. The van der Waals surface area contributed by atoms with E-state index in [9.17, 15) is 9.59 Å². The van der Waals surface area contributed by atoms with Gasteiger partial charge in [-0.1, -0.05) is 86.3 Å². The smallest absolute Gasteiger partial charge is 0.407 e. The lowest BCUT2D eigenvalue weighted by atomic mass is 9.47. The van der Waals surface area contributed by atoms with E-state index in [-0.39, 0.29) is 24.2 Å². The molecule has 9 nitrogen and oxygen atoms in total. The Morgan fingerprint density at radius 3 is 2.13 bits per heavy atom. The van der Waals surface area contributed by atoms with E-state index < -0.39 is 11.7 Å². The first-order chi connectivity index (χ1) is 25.0. The number of allylic oxidation sites excluding steroid dienone is 1. The minimum Gasteiger partial charge on any atom is -0.446 e. The second kappa shape index (κ2) is 21.5. The third-order valence-corrected chi connectivity index (χ3v) is 13.0. The van der Waals surface area contributed by atoms with E-state index in [0.29, 0.717) is 51.4 Å². The molecular formula is C44H80N2O7. The normalized spacial score (nSPS) is 29.9. The van der Waals surface area contributed by atoms with Gasteiger partial charge in [0.2, 0.25) is 0 Å². The fourth-order valence-electron chi connectivity index (χ4n) is 10.3. The summed E-state index contributed by atoms with van der Waals surface area (Å²) in [6.07, 6.45) is 15.8. The molecule has 0 saturated heterocycles. The van der Waals surface area contributed by atoms with Crippen molar-refractivity contribution in [2.24, 2.45) is 52.3 Å². The highest BCUT2D eigenvalue weighted by Crippen LogP contribution is 2.67. The molecule has 4 rings (SSSR count). The zero-order valence-electron chi connectivity index (χ0n) is 35.5. The van der Waals surface area contributed by atoms with Crippen molar-refractivity contribution in [1.29, 1.82) is 0 Å². The van der Waals surface area contributed by atoms with E-state index in [4.69, 9.17) is 24.1 Å². The summed E-state index contributed by atoms with van der Waals surface area (Å²) in [5, 5.41) is 14.5. The molecule has 0 aromatic carbocycles. The Morgan fingerprint density at radius 2 is 1.51 bits per heavy atom. The first-order valence-corrected chi connectivity index (χ1v) is 21.4. The number of carbonyl (C=O) groups excluding carboxylic acids is 2. The monoisotopic (exact) mass is 749 g/mol. The van der Waals surface area contributed by atoms with Crippen LogP contribution in [0.5, 0.6) is 0 Å². The van der Waals surface area contributed by atoms with Gasteiger partial charge in [0.05, 0.1) is 26.4 Å². The number of rotatable bonds is 18. The van der Waals surface area contributed by atoms with Crippen LogP contribution in [0.25, 0.3) is 0 Å². The van der Waals surface area contributed by atoms with Crippen molar-refractivity contribution < 1.29 is 33.6 Å². The Morgan fingerprint density at radius 1 is 0.868 bits per heavy atom. The van der Waals surface area contributed by atoms with Gasteiger partial charge in [-0.15, -0.1) is 0 Å². The van der Waals surface area contributed by atoms with Crippen LogP contribution in [0, 0.1) is 52.3 Å². The number of hydrogen-bond acceptors (Lipinski definition) is 7. The molecule has 4 aliphatic carbocycles. The zero-order chi connectivity index (χ0) is 39.2. The van der Waals surface area contributed by atoms with Gasteiger partial charge in [-0.3, -0.25) is 0 Å². The summed E-state index contributed by atoms with van der Waals surface area (Å²) in [5.74, 6) is 5.79. The summed E-state index contributed by atoms with van der Waals surface area (Å²) in [7, 11) is 0. The third-order valence-electron chi connectivity index (χ3n) is 13.0. The molecule has 9 heteroatoms. The summed E-state index contributed by atoms with van der Waals surface area (Å²) < 4.78 is 22.2. The molecule has 0 aromatic heterocycles. The number of alkyl carbamates (subject to hydrolysis) is 2. The molecule has 3 N–H and O–H groups in total.